The van der Waals surface area contributed by atoms with Gasteiger partial charge in [-0.1, -0.05) is 18.2 Å². The Kier molecular flexibility index (Phi) is 1.87. The van der Waals surface area contributed by atoms with Gasteiger partial charge in [-0.05, 0) is 24.3 Å². The Balaban J connectivity index is 2.07. The largest absolute Gasteiger partial charge is 0.497 e. The van der Waals surface area contributed by atoms with Gasteiger partial charge in [0.15, 0.2) is 0 Å². The van der Waals surface area contributed by atoms with E-state index in [-0.39, 0.29) is 5.78 Å². The molecule has 0 amide bonds. The number of ether oxygens (including phenoxy) is 1. The molecule has 19 heavy (non-hydrogen) atoms. The number of carbonyl (C=O) groups excluding carboxylic acids is 1. The summed E-state index contributed by atoms with van der Waals surface area (Å²) in [5.41, 5.74) is 2.94. The van der Waals surface area contributed by atoms with E-state index < -0.39 is 0 Å². The van der Waals surface area contributed by atoms with Crippen LogP contribution in [0.2, 0.25) is 0 Å². The maximum absolute atomic E-state index is 12.5. The van der Waals surface area contributed by atoms with Crippen molar-refractivity contribution in [2.45, 2.75) is 0 Å². The van der Waals surface area contributed by atoms with Crippen LogP contribution in [0, 0.1) is 0 Å². The first-order valence-corrected chi connectivity index (χ1v) is 6.00. The average molecular weight is 250 g/mol. The van der Waals surface area contributed by atoms with E-state index in [4.69, 9.17) is 4.74 Å². The monoisotopic (exact) mass is 250 g/mol. The summed E-state index contributed by atoms with van der Waals surface area (Å²) >= 11 is 0. The van der Waals surface area contributed by atoms with E-state index in [0.717, 1.165) is 16.6 Å². The van der Waals surface area contributed by atoms with E-state index in [1.54, 1.807) is 17.9 Å². The van der Waals surface area contributed by atoms with E-state index in [1.807, 2.05) is 36.4 Å². The Labute approximate surface area is 109 Å². The predicted octanol–water partition coefficient (Wildman–Crippen LogP) is 2.58. The summed E-state index contributed by atoms with van der Waals surface area (Å²) in [6.45, 7) is 0. The zero-order chi connectivity index (χ0) is 13.0. The molecule has 0 spiro atoms. The van der Waals surface area contributed by atoms with Gasteiger partial charge < -0.3 is 4.74 Å². The zero-order valence-corrected chi connectivity index (χ0v) is 10.3. The van der Waals surface area contributed by atoms with Crippen molar-refractivity contribution in [1.82, 2.24) is 9.78 Å². The van der Waals surface area contributed by atoms with Crippen molar-refractivity contribution in [3.8, 4) is 11.4 Å². The number of fused-ring (bicyclic) bond motifs is 5. The molecule has 0 unspecified atom stereocenters. The highest BCUT2D eigenvalue weighted by Crippen LogP contribution is 2.34. The first-order chi connectivity index (χ1) is 9.29. The second-order valence-electron chi connectivity index (χ2n) is 4.49. The van der Waals surface area contributed by atoms with E-state index in [1.165, 1.54) is 0 Å². The molecule has 2 heterocycles. The quantitative estimate of drug-likeness (QED) is 0.521. The number of benzene rings is 2. The fourth-order valence-electron chi connectivity index (χ4n) is 2.56. The smallest absolute Gasteiger partial charge is 0.214 e. The highest BCUT2D eigenvalue weighted by atomic mass is 16.5. The molecule has 4 nitrogen and oxygen atoms in total. The molecule has 92 valence electrons. The van der Waals surface area contributed by atoms with E-state index in [9.17, 15) is 4.79 Å². The van der Waals surface area contributed by atoms with Gasteiger partial charge in [-0.3, -0.25) is 4.79 Å². The average Bonchev–Trinajstić information content (AvgIpc) is 2.95. The molecule has 0 saturated heterocycles. The number of ketones is 1. The molecule has 0 aliphatic carbocycles. The van der Waals surface area contributed by atoms with Crippen LogP contribution in [-0.2, 0) is 0 Å². The Morgan fingerprint density at radius 1 is 1.16 bits per heavy atom. The van der Waals surface area contributed by atoms with Crippen molar-refractivity contribution >= 4 is 16.7 Å². The minimum atomic E-state index is 0.00241. The summed E-state index contributed by atoms with van der Waals surface area (Å²) in [5.74, 6) is 0.685. The highest BCUT2D eigenvalue weighted by molar-refractivity contribution is 6.20. The SMILES string of the molecule is COc1ccc2c(c1)C(=O)c1c3ccccc3nn1-2. The number of hydrogen-bond acceptors (Lipinski definition) is 3. The molecule has 0 saturated carbocycles. The van der Waals surface area contributed by atoms with E-state index in [0.29, 0.717) is 17.0 Å². The molecule has 4 heteroatoms. The first kappa shape index (κ1) is 10.3. The van der Waals surface area contributed by atoms with Crippen molar-refractivity contribution in [3.63, 3.8) is 0 Å². The van der Waals surface area contributed by atoms with Crippen molar-refractivity contribution in [3.05, 3.63) is 53.7 Å². The van der Waals surface area contributed by atoms with Gasteiger partial charge in [0.2, 0.25) is 5.78 Å². The van der Waals surface area contributed by atoms with Crippen molar-refractivity contribution in [2.24, 2.45) is 0 Å². The van der Waals surface area contributed by atoms with Crippen LogP contribution >= 0.6 is 0 Å². The van der Waals surface area contributed by atoms with Crippen LogP contribution in [0.5, 0.6) is 5.75 Å². The molecule has 0 N–H and O–H groups in total. The number of carbonyl (C=O) groups is 1. The van der Waals surface area contributed by atoms with Crippen molar-refractivity contribution < 1.29 is 9.53 Å². The summed E-state index contributed by atoms with van der Waals surface area (Å²) in [7, 11) is 1.59. The van der Waals surface area contributed by atoms with Gasteiger partial charge in [0.05, 0.1) is 23.9 Å². The fourth-order valence-corrected chi connectivity index (χ4v) is 2.56. The third-order valence-electron chi connectivity index (χ3n) is 3.47. The maximum Gasteiger partial charge on any atom is 0.214 e. The molecule has 0 bridgehead atoms. The van der Waals surface area contributed by atoms with Gasteiger partial charge >= 0.3 is 0 Å². The lowest BCUT2D eigenvalue weighted by Crippen LogP contribution is -1.96. The van der Waals surface area contributed by atoms with Gasteiger partial charge in [0, 0.05) is 5.39 Å². The van der Waals surface area contributed by atoms with Gasteiger partial charge in [0.1, 0.15) is 11.4 Å². The van der Waals surface area contributed by atoms with E-state index >= 15 is 0 Å². The summed E-state index contributed by atoms with van der Waals surface area (Å²) in [4.78, 5) is 12.5. The second kappa shape index (κ2) is 3.45. The normalized spacial score (nSPS) is 12.6. The lowest BCUT2D eigenvalue weighted by molar-refractivity contribution is 0.104. The Morgan fingerprint density at radius 3 is 2.84 bits per heavy atom. The molecule has 0 fully saturated rings. The van der Waals surface area contributed by atoms with Gasteiger partial charge in [-0.25, -0.2) is 4.68 Å². The van der Waals surface area contributed by atoms with Crippen LogP contribution in [0.25, 0.3) is 16.6 Å². The van der Waals surface area contributed by atoms with Crippen LogP contribution in [0.3, 0.4) is 0 Å². The van der Waals surface area contributed by atoms with Crippen LogP contribution in [0.1, 0.15) is 16.1 Å². The number of rotatable bonds is 1. The molecule has 1 aliphatic heterocycles. The van der Waals surface area contributed by atoms with Crippen LogP contribution in [0.4, 0.5) is 0 Å². The van der Waals surface area contributed by atoms with Crippen LogP contribution < -0.4 is 4.74 Å². The molecule has 1 aromatic heterocycles. The number of methoxy groups -OCH3 is 1. The lowest BCUT2D eigenvalue weighted by atomic mass is 10.1. The zero-order valence-electron chi connectivity index (χ0n) is 10.3. The minimum Gasteiger partial charge on any atom is -0.497 e. The first-order valence-electron chi connectivity index (χ1n) is 6.00. The summed E-state index contributed by atoms with van der Waals surface area (Å²) in [5, 5.41) is 5.39. The van der Waals surface area contributed by atoms with Gasteiger partial charge in [-0.15, -0.1) is 0 Å². The molecule has 3 aromatic rings. The van der Waals surface area contributed by atoms with Crippen LogP contribution in [-0.4, -0.2) is 22.7 Å². The Bertz CT molecular complexity index is 833. The maximum atomic E-state index is 12.5. The number of aromatic nitrogens is 2. The molecule has 0 atom stereocenters. The fraction of sp³-hybridized carbons (Fsp3) is 0.0667. The second-order valence-corrected chi connectivity index (χ2v) is 4.49. The molecule has 2 aromatic carbocycles. The molecule has 4 rings (SSSR count). The number of hydrogen-bond donors (Lipinski definition) is 0. The molecular weight excluding hydrogens is 240 g/mol. The van der Waals surface area contributed by atoms with E-state index in [2.05, 4.69) is 5.10 Å². The summed E-state index contributed by atoms with van der Waals surface area (Å²) in [6, 6.07) is 13.2. The molecule has 1 aliphatic rings. The van der Waals surface area contributed by atoms with Crippen LogP contribution in [0.15, 0.2) is 42.5 Å². The van der Waals surface area contributed by atoms with Gasteiger partial charge in [-0.2, -0.15) is 5.10 Å². The topological polar surface area (TPSA) is 44.1 Å². The standard InChI is InChI=1S/C15H10N2O2/c1-19-9-6-7-13-11(8-9)15(18)14-10-4-2-3-5-12(10)16-17(13)14/h2-8H,1H3. The summed E-state index contributed by atoms with van der Waals surface area (Å²) in [6.07, 6.45) is 0. The predicted molar refractivity (Wildman–Crippen MR) is 71.1 cm³/mol. The minimum absolute atomic E-state index is 0.00241. The van der Waals surface area contributed by atoms with Gasteiger partial charge in [0.25, 0.3) is 0 Å². The number of nitrogens with zero attached hydrogens (tertiary/aromatic N) is 2. The Morgan fingerprint density at radius 2 is 2.00 bits per heavy atom. The molecular formula is C15H10N2O2. The van der Waals surface area contributed by atoms with Crippen molar-refractivity contribution in [1.29, 1.82) is 0 Å². The highest BCUT2D eigenvalue weighted by Gasteiger charge is 2.30. The Hall–Kier alpha value is -2.62. The summed E-state index contributed by atoms with van der Waals surface area (Å²) < 4.78 is 6.89. The molecule has 0 radical (unpaired) electrons. The van der Waals surface area contributed by atoms with Crippen molar-refractivity contribution in [2.75, 3.05) is 7.11 Å². The third kappa shape index (κ3) is 1.23. The third-order valence-corrected chi connectivity index (χ3v) is 3.47. The lowest BCUT2D eigenvalue weighted by Gasteiger charge is -2.02.